The number of hydrogen-bond donors (Lipinski definition) is 2. The number of amides is 2. The molecular weight excluding hydrogens is 332 g/mol. The molecule has 2 amide bonds. The Morgan fingerprint density at radius 1 is 1.16 bits per heavy atom. The van der Waals surface area contributed by atoms with Crippen molar-refractivity contribution in [1.82, 2.24) is 4.90 Å². The van der Waals surface area contributed by atoms with Crippen molar-refractivity contribution in [3.05, 3.63) is 17.7 Å². The molecule has 1 aromatic carbocycles. The van der Waals surface area contributed by atoms with Crippen molar-refractivity contribution in [2.75, 3.05) is 34.4 Å². The summed E-state index contributed by atoms with van der Waals surface area (Å²) in [4.78, 5) is 35.3. The average molecular weight is 354 g/mol. The third-order valence-corrected chi connectivity index (χ3v) is 3.30. The zero-order valence-electron chi connectivity index (χ0n) is 14.4. The van der Waals surface area contributed by atoms with Crippen molar-refractivity contribution in [3.8, 4) is 17.2 Å². The number of primary amides is 1. The van der Waals surface area contributed by atoms with E-state index in [4.69, 9.17) is 25.1 Å². The highest BCUT2D eigenvalue weighted by Crippen LogP contribution is 2.38. The van der Waals surface area contributed by atoms with Gasteiger partial charge in [0.15, 0.2) is 18.1 Å². The van der Waals surface area contributed by atoms with E-state index < -0.39 is 11.9 Å². The fourth-order valence-electron chi connectivity index (χ4n) is 2.08. The lowest BCUT2D eigenvalue weighted by Gasteiger charge is -2.19. The smallest absolute Gasteiger partial charge is 0.303 e. The summed E-state index contributed by atoms with van der Waals surface area (Å²) < 4.78 is 15.7. The topological polar surface area (TPSA) is 128 Å². The molecule has 0 spiro atoms. The second-order valence-electron chi connectivity index (χ2n) is 5.19. The number of carboxylic acids is 1. The first-order chi connectivity index (χ1) is 11.8. The lowest BCUT2D eigenvalue weighted by Crippen LogP contribution is -2.28. The van der Waals surface area contributed by atoms with Gasteiger partial charge in [0.2, 0.25) is 5.75 Å². The average Bonchev–Trinajstić information content (AvgIpc) is 2.57. The van der Waals surface area contributed by atoms with Gasteiger partial charge in [0.05, 0.1) is 14.2 Å². The van der Waals surface area contributed by atoms with Gasteiger partial charge in [-0.15, -0.1) is 0 Å². The van der Waals surface area contributed by atoms with E-state index in [2.05, 4.69) is 0 Å². The maximum Gasteiger partial charge on any atom is 0.303 e. The van der Waals surface area contributed by atoms with Gasteiger partial charge in [0.1, 0.15) is 0 Å². The molecule has 0 aliphatic heterocycles. The summed E-state index contributed by atoms with van der Waals surface area (Å²) in [5, 5.41) is 8.66. The van der Waals surface area contributed by atoms with E-state index in [0.717, 1.165) is 0 Å². The molecule has 0 radical (unpaired) electrons. The third-order valence-electron chi connectivity index (χ3n) is 3.30. The Morgan fingerprint density at radius 2 is 1.72 bits per heavy atom. The van der Waals surface area contributed by atoms with Crippen molar-refractivity contribution in [3.63, 3.8) is 0 Å². The van der Waals surface area contributed by atoms with Gasteiger partial charge in [0.25, 0.3) is 11.8 Å². The summed E-state index contributed by atoms with van der Waals surface area (Å²) in [7, 11) is 4.34. The Balaban J connectivity index is 3.01. The van der Waals surface area contributed by atoms with E-state index in [-0.39, 0.29) is 48.3 Å². The lowest BCUT2D eigenvalue weighted by molar-refractivity contribution is -0.137. The van der Waals surface area contributed by atoms with Gasteiger partial charge >= 0.3 is 5.97 Å². The fraction of sp³-hybridized carbons (Fsp3) is 0.438. The number of rotatable bonds is 10. The molecule has 1 aromatic rings. The van der Waals surface area contributed by atoms with Crippen molar-refractivity contribution in [2.45, 2.75) is 12.8 Å². The summed E-state index contributed by atoms with van der Waals surface area (Å²) in [6, 6.07) is 2.91. The SMILES string of the molecule is COc1cc(C(=O)N(C)CCCC(=O)O)cc(OC)c1OCC(N)=O. The molecule has 3 N–H and O–H groups in total. The minimum atomic E-state index is -0.917. The van der Waals surface area contributed by atoms with E-state index >= 15 is 0 Å². The lowest BCUT2D eigenvalue weighted by atomic mass is 10.1. The number of benzene rings is 1. The van der Waals surface area contributed by atoms with Crippen LogP contribution < -0.4 is 19.9 Å². The molecule has 9 nitrogen and oxygen atoms in total. The minimum Gasteiger partial charge on any atom is -0.493 e. The first kappa shape index (κ1) is 20.1. The molecule has 0 heterocycles. The molecule has 1 rings (SSSR count). The van der Waals surface area contributed by atoms with Crippen LogP contribution in [0.3, 0.4) is 0 Å². The Morgan fingerprint density at radius 3 is 2.16 bits per heavy atom. The monoisotopic (exact) mass is 354 g/mol. The third kappa shape index (κ3) is 5.87. The number of nitrogens with two attached hydrogens (primary N) is 1. The molecule has 9 heteroatoms. The number of aliphatic carboxylic acids is 1. The van der Waals surface area contributed by atoms with Crippen LogP contribution in [-0.2, 0) is 9.59 Å². The van der Waals surface area contributed by atoms with Gasteiger partial charge in [-0.25, -0.2) is 0 Å². The summed E-state index contributed by atoms with van der Waals surface area (Å²) in [5.74, 6) is -1.33. The van der Waals surface area contributed by atoms with E-state index in [1.165, 1.54) is 31.3 Å². The van der Waals surface area contributed by atoms with Crippen LogP contribution in [0.25, 0.3) is 0 Å². The van der Waals surface area contributed by atoms with Crippen molar-refractivity contribution in [1.29, 1.82) is 0 Å². The normalized spacial score (nSPS) is 10.0. The summed E-state index contributed by atoms with van der Waals surface area (Å²) in [5.41, 5.74) is 5.34. The molecule has 0 atom stereocenters. The molecule has 0 fully saturated rings. The standard InChI is InChI=1S/C16H22N2O7/c1-18(6-4-5-14(20)21)16(22)10-7-11(23-2)15(12(8-10)24-3)25-9-13(17)19/h7-8H,4-6,9H2,1-3H3,(H2,17,19)(H,20,21). The van der Waals surface area contributed by atoms with E-state index in [9.17, 15) is 14.4 Å². The largest absolute Gasteiger partial charge is 0.493 e. The molecule has 0 unspecified atom stereocenters. The van der Waals surface area contributed by atoms with Crippen LogP contribution in [0.2, 0.25) is 0 Å². The Bertz CT molecular complexity index is 620. The second kappa shape index (κ2) is 9.36. The minimum absolute atomic E-state index is 0.0237. The molecule has 25 heavy (non-hydrogen) atoms. The molecule has 0 aliphatic rings. The first-order valence-electron chi connectivity index (χ1n) is 7.44. The van der Waals surface area contributed by atoms with E-state index in [1.807, 2.05) is 0 Å². The zero-order chi connectivity index (χ0) is 19.0. The van der Waals surface area contributed by atoms with Gasteiger partial charge in [-0.05, 0) is 18.6 Å². The van der Waals surface area contributed by atoms with Crippen LogP contribution in [0.4, 0.5) is 0 Å². The predicted octanol–water partition coefficient (Wildman–Crippen LogP) is 0.505. The van der Waals surface area contributed by atoms with Crippen LogP contribution in [0.1, 0.15) is 23.2 Å². The van der Waals surface area contributed by atoms with Gasteiger partial charge < -0.3 is 30.0 Å². The molecule has 138 valence electrons. The number of hydrogen-bond acceptors (Lipinski definition) is 6. The molecule has 0 saturated carbocycles. The zero-order valence-corrected chi connectivity index (χ0v) is 14.4. The summed E-state index contributed by atoms with van der Waals surface area (Å²) >= 11 is 0. The Kier molecular flexibility index (Phi) is 7.51. The van der Waals surface area contributed by atoms with Crippen LogP contribution in [0.15, 0.2) is 12.1 Å². The number of carbonyl (C=O) groups excluding carboxylic acids is 2. The van der Waals surface area contributed by atoms with Gasteiger partial charge in [-0.2, -0.15) is 0 Å². The number of carbonyl (C=O) groups is 3. The number of methoxy groups -OCH3 is 2. The highest BCUT2D eigenvalue weighted by atomic mass is 16.5. The van der Waals surface area contributed by atoms with Gasteiger partial charge in [-0.1, -0.05) is 0 Å². The Hall–Kier alpha value is -2.97. The molecule has 0 bridgehead atoms. The first-order valence-corrected chi connectivity index (χ1v) is 7.44. The van der Waals surface area contributed by atoms with E-state index in [1.54, 1.807) is 7.05 Å². The van der Waals surface area contributed by atoms with Crippen molar-refractivity contribution >= 4 is 17.8 Å². The molecule has 0 aliphatic carbocycles. The van der Waals surface area contributed by atoms with Crippen LogP contribution in [-0.4, -0.2) is 62.2 Å². The number of nitrogens with zero attached hydrogens (tertiary/aromatic N) is 1. The van der Waals surface area contributed by atoms with Crippen LogP contribution in [0.5, 0.6) is 17.2 Å². The summed E-state index contributed by atoms with van der Waals surface area (Å²) in [6.07, 6.45) is 0.315. The summed E-state index contributed by atoms with van der Waals surface area (Å²) in [6.45, 7) is -0.0786. The van der Waals surface area contributed by atoms with Gasteiger partial charge in [0, 0.05) is 25.6 Å². The Labute approximate surface area is 145 Å². The highest BCUT2D eigenvalue weighted by Gasteiger charge is 2.20. The van der Waals surface area contributed by atoms with Crippen LogP contribution >= 0.6 is 0 Å². The number of carboxylic acid groups (broad SMARTS) is 1. The highest BCUT2D eigenvalue weighted by molar-refractivity contribution is 5.95. The second-order valence-corrected chi connectivity index (χ2v) is 5.19. The molecular formula is C16H22N2O7. The van der Waals surface area contributed by atoms with Crippen molar-refractivity contribution < 1.29 is 33.7 Å². The van der Waals surface area contributed by atoms with Gasteiger partial charge in [-0.3, -0.25) is 14.4 Å². The fourth-order valence-corrected chi connectivity index (χ4v) is 2.08. The van der Waals surface area contributed by atoms with Crippen molar-refractivity contribution in [2.24, 2.45) is 5.73 Å². The van der Waals surface area contributed by atoms with Crippen LogP contribution in [0, 0.1) is 0 Å². The molecule has 0 saturated heterocycles. The molecule has 0 aromatic heterocycles. The van der Waals surface area contributed by atoms with E-state index in [0.29, 0.717) is 6.42 Å². The maximum atomic E-state index is 12.5. The maximum absolute atomic E-state index is 12.5. The number of ether oxygens (including phenoxy) is 3. The predicted molar refractivity (Wildman–Crippen MR) is 88.1 cm³/mol. The quantitative estimate of drug-likeness (QED) is 0.626.